The number of aromatic nitrogens is 1. The van der Waals surface area contributed by atoms with Crippen molar-refractivity contribution < 1.29 is 19.0 Å². The van der Waals surface area contributed by atoms with E-state index < -0.39 is 6.09 Å². The molecule has 1 aliphatic carbocycles. The minimum atomic E-state index is -0.418. The lowest BCUT2D eigenvalue weighted by atomic mass is 10.1. The molecular formula is C27H29N3O4. The van der Waals surface area contributed by atoms with Gasteiger partial charge in [-0.25, -0.2) is 4.79 Å². The first-order valence-corrected chi connectivity index (χ1v) is 12.0. The zero-order chi connectivity index (χ0) is 23.5. The molecule has 1 unspecified atom stereocenters. The van der Waals surface area contributed by atoms with Gasteiger partial charge >= 0.3 is 6.09 Å². The summed E-state index contributed by atoms with van der Waals surface area (Å²) in [7, 11) is 0. The lowest BCUT2D eigenvalue weighted by Gasteiger charge is -2.18. The molecule has 7 nitrogen and oxygen atoms in total. The second kappa shape index (κ2) is 9.78. The summed E-state index contributed by atoms with van der Waals surface area (Å²) in [6, 6.07) is 16.0. The Morgan fingerprint density at radius 2 is 1.97 bits per heavy atom. The van der Waals surface area contributed by atoms with E-state index in [1.165, 1.54) is 0 Å². The number of anilines is 1. The van der Waals surface area contributed by atoms with Crippen LogP contribution in [0, 0.1) is 11.3 Å². The lowest BCUT2D eigenvalue weighted by molar-refractivity contribution is 0.114. The van der Waals surface area contributed by atoms with Gasteiger partial charge in [-0.1, -0.05) is 12.1 Å². The van der Waals surface area contributed by atoms with Gasteiger partial charge in [0.25, 0.3) is 0 Å². The fourth-order valence-electron chi connectivity index (χ4n) is 5.06. The van der Waals surface area contributed by atoms with E-state index >= 15 is 0 Å². The van der Waals surface area contributed by atoms with Gasteiger partial charge in [0, 0.05) is 23.7 Å². The van der Waals surface area contributed by atoms with Crippen LogP contribution < -0.4 is 10.1 Å². The number of fused-ring (bicyclic) bond motifs is 1. The predicted octanol–water partition coefficient (Wildman–Crippen LogP) is 6.03. The number of ether oxygens (including phenoxy) is 3. The maximum absolute atomic E-state index is 12.2. The minimum Gasteiger partial charge on any atom is -0.494 e. The molecule has 7 heteroatoms. The van der Waals surface area contributed by atoms with Crippen molar-refractivity contribution >= 4 is 22.7 Å². The van der Waals surface area contributed by atoms with E-state index in [4.69, 9.17) is 14.2 Å². The van der Waals surface area contributed by atoms with Crippen LogP contribution in [0.5, 0.6) is 5.75 Å². The predicted molar refractivity (Wildman–Crippen MR) is 130 cm³/mol. The normalized spacial score (nSPS) is 18.2. The molecule has 1 N–H and O–H groups in total. The maximum atomic E-state index is 12.2. The van der Waals surface area contributed by atoms with Crippen LogP contribution in [0.15, 0.2) is 42.5 Å². The Balaban J connectivity index is 1.50. The van der Waals surface area contributed by atoms with Crippen LogP contribution in [0.1, 0.15) is 50.6 Å². The molecule has 176 valence electrons. The zero-order valence-corrected chi connectivity index (χ0v) is 19.4. The molecule has 1 aromatic heterocycles. The largest absolute Gasteiger partial charge is 0.494 e. The van der Waals surface area contributed by atoms with Crippen molar-refractivity contribution in [1.82, 2.24) is 4.57 Å². The zero-order valence-electron chi connectivity index (χ0n) is 19.4. The van der Waals surface area contributed by atoms with Crippen molar-refractivity contribution in [1.29, 1.82) is 5.26 Å². The number of nitrogens with one attached hydrogen (secondary N) is 1. The monoisotopic (exact) mass is 459 g/mol. The van der Waals surface area contributed by atoms with Crippen molar-refractivity contribution in [3.8, 4) is 23.1 Å². The summed E-state index contributed by atoms with van der Waals surface area (Å²) in [6.07, 6.45) is 4.57. The van der Waals surface area contributed by atoms with Crippen LogP contribution in [0.2, 0.25) is 0 Å². The Morgan fingerprint density at radius 1 is 1.18 bits per heavy atom. The number of carbonyl (C=O) groups is 1. The molecule has 34 heavy (non-hydrogen) atoms. The Bertz CT molecular complexity index is 1210. The SMILES string of the molecule is CCOc1ccc2c(C#N)c(-c3ccc(NC(=O)OC4CCCC4)cc3)n(C3CCOC3)c2c1. The molecular weight excluding hydrogens is 430 g/mol. The van der Waals surface area contributed by atoms with Gasteiger partial charge in [-0.15, -0.1) is 0 Å². The number of amides is 1. The van der Waals surface area contributed by atoms with E-state index in [0.29, 0.717) is 31.1 Å². The van der Waals surface area contributed by atoms with Gasteiger partial charge in [0.05, 0.1) is 36.0 Å². The third kappa shape index (κ3) is 4.34. The lowest BCUT2D eigenvalue weighted by Crippen LogP contribution is -2.20. The molecule has 2 aliphatic rings. The van der Waals surface area contributed by atoms with Crippen molar-refractivity contribution in [3.05, 3.63) is 48.0 Å². The summed E-state index contributed by atoms with van der Waals surface area (Å²) in [5.41, 5.74) is 4.03. The molecule has 0 spiro atoms. The Hall–Kier alpha value is -3.50. The maximum Gasteiger partial charge on any atom is 0.411 e. The van der Waals surface area contributed by atoms with Gasteiger partial charge in [-0.3, -0.25) is 5.32 Å². The summed E-state index contributed by atoms with van der Waals surface area (Å²) in [5.74, 6) is 0.782. The van der Waals surface area contributed by atoms with Crippen molar-refractivity contribution in [2.45, 2.75) is 51.2 Å². The summed E-state index contributed by atoms with van der Waals surface area (Å²) >= 11 is 0. The van der Waals surface area contributed by atoms with Gasteiger partial charge < -0.3 is 18.8 Å². The highest BCUT2D eigenvalue weighted by Gasteiger charge is 2.27. The smallest absolute Gasteiger partial charge is 0.411 e. The summed E-state index contributed by atoms with van der Waals surface area (Å²) in [4.78, 5) is 12.2. The molecule has 2 heterocycles. The topological polar surface area (TPSA) is 85.5 Å². The first kappa shape index (κ1) is 22.3. The number of hydrogen-bond acceptors (Lipinski definition) is 5. The molecule has 1 saturated carbocycles. The highest BCUT2D eigenvalue weighted by atomic mass is 16.6. The number of hydrogen-bond donors (Lipinski definition) is 1. The average molecular weight is 460 g/mol. The highest BCUT2D eigenvalue weighted by molar-refractivity contribution is 5.96. The highest BCUT2D eigenvalue weighted by Crippen LogP contribution is 2.39. The van der Waals surface area contributed by atoms with Crippen LogP contribution in [-0.4, -0.2) is 36.6 Å². The first-order chi connectivity index (χ1) is 16.7. The van der Waals surface area contributed by atoms with E-state index in [2.05, 4.69) is 16.0 Å². The van der Waals surface area contributed by atoms with Crippen molar-refractivity contribution in [2.24, 2.45) is 0 Å². The van der Waals surface area contributed by atoms with Crippen LogP contribution in [0.3, 0.4) is 0 Å². The molecule has 5 rings (SSSR count). The van der Waals surface area contributed by atoms with Crippen molar-refractivity contribution in [2.75, 3.05) is 25.1 Å². The molecule has 1 aliphatic heterocycles. The average Bonchev–Trinajstić information content (AvgIpc) is 3.60. The van der Waals surface area contributed by atoms with Gasteiger partial charge in [-0.2, -0.15) is 5.26 Å². The number of nitrogens with zero attached hydrogens (tertiary/aromatic N) is 2. The number of carbonyl (C=O) groups excluding carboxylic acids is 1. The first-order valence-electron chi connectivity index (χ1n) is 12.0. The standard InChI is InChI=1S/C27H29N3O4/c1-2-33-22-11-12-23-24(16-28)26(30(25(23)15-22)20-13-14-32-17-20)18-7-9-19(10-8-18)29-27(31)34-21-5-3-4-6-21/h7-12,15,20-21H,2-6,13-14,17H2,1H3,(H,29,31). The van der Waals surface area contributed by atoms with E-state index in [-0.39, 0.29) is 12.1 Å². The Kier molecular flexibility index (Phi) is 6.41. The van der Waals surface area contributed by atoms with Gasteiger partial charge in [-0.05, 0) is 68.9 Å². The van der Waals surface area contributed by atoms with Gasteiger partial charge in [0.15, 0.2) is 0 Å². The van der Waals surface area contributed by atoms with E-state index in [0.717, 1.165) is 60.0 Å². The molecule has 0 radical (unpaired) electrons. The van der Waals surface area contributed by atoms with Crippen LogP contribution in [0.25, 0.3) is 22.2 Å². The summed E-state index contributed by atoms with van der Waals surface area (Å²) < 4.78 is 19.2. The molecule has 1 atom stereocenters. The molecule has 0 bridgehead atoms. The number of rotatable bonds is 6. The molecule has 1 amide bonds. The second-order valence-electron chi connectivity index (χ2n) is 8.85. The van der Waals surface area contributed by atoms with E-state index in [1.807, 2.05) is 49.4 Å². The number of nitriles is 1. The van der Waals surface area contributed by atoms with Gasteiger partial charge in [0.2, 0.25) is 0 Å². The third-order valence-electron chi connectivity index (χ3n) is 6.65. The van der Waals surface area contributed by atoms with Crippen molar-refractivity contribution in [3.63, 3.8) is 0 Å². The van der Waals surface area contributed by atoms with Gasteiger partial charge in [0.1, 0.15) is 17.9 Å². The summed E-state index contributed by atoms with van der Waals surface area (Å²) in [5, 5.41) is 13.8. The van der Waals surface area contributed by atoms with Crippen LogP contribution in [0.4, 0.5) is 10.5 Å². The van der Waals surface area contributed by atoms with Crippen LogP contribution in [-0.2, 0) is 9.47 Å². The fraction of sp³-hybridized carbons (Fsp3) is 0.407. The third-order valence-corrected chi connectivity index (χ3v) is 6.65. The van der Waals surface area contributed by atoms with Crippen LogP contribution >= 0.6 is 0 Å². The molecule has 1 saturated heterocycles. The quantitative estimate of drug-likeness (QED) is 0.486. The summed E-state index contributed by atoms with van der Waals surface area (Å²) in [6.45, 7) is 3.84. The molecule has 3 aromatic rings. The second-order valence-corrected chi connectivity index (χ2v) is 8.85. The molecule has 2 aromatic carbocycles. The Labute approximate surface area is 199 Å². The van der Waals surface area contributed by atoms with E-state index in [9.17, 15) is 10.1 Å². The Morgan fingerprint density at radius 3 is 2.65 bits per heavy atom. The molecule has 2 fully saturated rings. The number of benzene rings is 2. The van der Waals surface area contributed by atoms with E-state index in [1.54, 1.807) is 0 Å². The minimum absolute atomic E-state index is 0.0170. The fourth-order valence-corrected chi connectivity index (χ4v) is 5.06.